The van der Waals surface area contributed by atoms with Crippen molar-refractivity contribution in [2.24, 2.45) is 0 Å². The zero-order valence-corrected chi connectivity index (χ0v) is 33.5. The third-order valence-corrected chi connectivity index (χ3v) is 10.6. The molecule has 0 saturated carbocycles. The summed E-state index contributed by atoms with van der Waals surface area (Å²) in [5, 5.41) is 5.30. The third-order valence-electron chi connectivity index (χ3n) is 9.17. The van der Waals surface area contributed by atoms with E-state index in [1.165, 1.54) is 63.1 Å². The van der Waals surface area contributed by atoms with E-state index in [9.17, 15) is 52.7 Å². The molecule has 6 aromatic rings. The summed E-state index contributed by atoms with van der Waals surface area (Å²) in [5.74, 6) is 0. The quantitative estimate of drug-likeness (QED) is 0.0946. The first kappa shape index (κ1) is 46.8. The molecule has 0 N–H and O–H groups in total. The summed E-state index contributed by atoms with van der Waals surface area (Å²) in [4.78, 5) is 0. The maximum atomic E-state index is 13.0. The minimum absolute atomic E-state index is 0. The molecule has 0 heterocycles. The van der Waals surface area contributed by atoms with Gasteiger partial charge in [-0.3, -0.25) is 6.08 Å². The first-order chi connectivity index (χ1) is 26.2. The van der Waals surface area contributed by atoms with E-state index in [-0.39, 0.29) is 85.4 Å². The molecule has 58 heavy (non-hydrogen) atoms. The van der Waals surface area contributed by atoms with E-state index >= 15 is 0 Å². The van der Waals surface area contributed by atoms with Crippen LogP contribution in [0, 0.1) is 12.1 Å². The van der Waals surface area contributed by atoms with E-state index in [0.29, 0.717) is 0 Å². The van der Waals surface area contributed by atoms with Crippen LogP contribution in [0.2, 0.25) is 0 Å². The van der Waals surface area contributed by atoms with E-state index in [0.717, 1.165) is 6.42 Å². The topological polar surface area (TPSA) is 0 Å². The van der Waals surface area contributed by atoms with E-state index in [1.54, 1.807) is 0 Å². The number of fused-ring (bicyclic) bond motifs is 8. The summed E-state index contributed by atoms with van der Waals surface area (Å²) in [6.45, 7) is 0. The van der Waals surface area contributed by atoms with Crippen molar-refractivity contribution in [2.45, 2.75) is 50.4 Å². The Morgan fingerprint density at radius 2 is 1.02 bits per heavy atom. The molecule has 302 valence electrons. The molecule has 0 aromatic heterocycles. The smallest absolute Gasteiger partial charge is 0.0240 e. The zero-order valence-electron chi connectivity index (χ0n) is 29.5. The van der Waals surface area contributed by atoms with Gasteiger partial charge in [0.2, 0.25) is 0 Å². The molecule has 8 rings (SSSR count). The minimum atomic E-state index is -5.22. The Kier molecular flexibility index (Phi) is 14.6. The molecule has 0 nitrogen and oxygen atoms in total. The van der Waals surface area contributed by atoms with Crippen LogP contribution in [0.4, 0.5) is 52.7 Å². The molecule has 0 atom stereocenters. The fraction of sp³-hybridized carbons (Fsp3) is 0.186. The maximum Gasteiger partial charge on any atom is -0.0240 e. The third kappa shape index (κ3) is 10.4. The molecule has 0 unspecified atom stereocenters. The van der Waals surface area contributed by atoms with Crippen LogP contribution in [-0.2, 0) is 55.4 Å². The van der Waals surface area contributed by atoms with Crippen molar-refractivity contribution in [2.75, 3.05) is 0 Å². The molecule has 0 amide bonds. The van der Waals surface area contributed by atoms with Gasteiger partial charge in [0.15, 0.2) is 0 Å². The van der Waals surface area contributed by atoms with Crippen molar-refractivity contribution in [1.82, 2.24) is 0 Å². The van der Waals surface area contributed by atoms with E-state index in [4.69, 9.17) is 0 Å². The summed E-state index contributed by atoms with van der Waals surface area (Å²) in [6, 6.07) is 27.9. The Bertz CT molecular complexity index is 2310. The first-order valence-electron chi connectivity index (χ1n) is 16.9. The standard InChI is InChI=1S/C21H13.C17H6F12.C5H7.2ClH.Zr/c1-2-8-15-14(7-1)13-20-18-11-4-3-9-16(18)17-10-5-6-12-19(17)21(15)20;18-14(19,20)10-2-8(3-11(6-10)15(21,22)23)1-9-4-12(16(24,25)26)7-13(5-9)17(27,28)29;1-2-4-5-3-1;;;/h1-10,12H,13H2;2-7H;1H,2,4-5H2;2*1H;/q-1;;-1;;;+2/p-2. The maximum absolute atomic E-state index is 13.0. The Balaban J connectivity index is 0.000000229. The largest absolute Gasteiger partial charge is 1.00 e. The SMILES string of the molecule is FC(F)(F)c1cc([C](=[Zr+2])c2cc(C(F)(F)F)cc(C(F)(F)F)c2)cc(C(F)(F)F)c1.[C-]1=CCCC1.[Cl-].[Cl-].[c-]1cccc2c1c1c(c3ccccc32)-c2ccccc2C1. The molecule has 2 aliphatic rings. The predicted octanol–water partition coefficient (Wildman–Crippen LogP) is 7.78. The average Bonchev–Trinajstić information content (AvgIpc) is 3.86. The molecule has 0 aliphatic heterocycles. The normalized spacial score (nSPS) is 13.3. The van der Waals surface area contributed by atoms with Gasteiger partial charge in [-0.15, -0.1) is 40.6 Å². The van der Waals surface area contributed by atoms with Crippen molar-refractivity contribution in [3.8, 4) is 11.1 Å². The number of halogens is 14. The molecular weight excluding hydrogens is 907 g/mol. The van der Waals surface area contributed by atoms with Gasteiger partial charge in [-0.2, -0.15) is 6.42 Å². The molecule has 0 fully saturated rings. The monoisotopic (exact) mass is 930 g/mol. The van der Waals surface area contributed by atoms with Gasteiger partial charge in [-0.1, -0.05) is 66.8 Å². The van der Waals surface area contributed by atoms with Gasteiger partial charge in [0.05, 0.1) is 0 Å². The summed E-state index contributed by atoms with van der Waals surface area (Å²) in [5.41, 5.74) is -2.87. The predicted molar refractivity (Wildman–Crippen MR) is 186 cm³/mol. The van der Waals surface area contributed by atoms with Crippen LogP contribution in [0.5, 0.6) is 0 Å². The van der Waals surface area contributed by atoms with Crippen LogP contribution in [-0.4, -0.2) is 3.21 Å². The van der Waals surface area contributed by atoms with Gasteiger partial charge in [0.25, 0.3) is 0 Å². The van der Waals surface area contributed by atoms with E-state index in [1.807, 2.05) is 6.07 Å². The van der Waals surface area contributed by atoms with Gasteiger partial charge < -0.3 is 30.9 Å². The summed E-state index contributed by atoms with van der Waals surface area (Å²) < 4.78 is 155. The molecular formula is C43H26Cl2F12Zr-2. The van der Waals surface area contributed by atoms with Crippen molar-refractivity contribution in [1.29, 1.82) is 0 Å². The number of alkyl halides is 12. The van der Waals surface area contributed by atoms with Crippen LogP contribution in [0.25, 0.3) is 32.7 Å². The summed E-state index contributed by atoms with van der Waals surface area (Å²) >= 11 is -0.00108. The van der Waals surface area contributed by atoms with Gasteiger partial charge in [-0.25, -0.2) is 0 Å². The minimum Gasteiger partial charge on any atom is -1.00 e. The second-order valence-electron chi connectivity index (χ2n) is 13.0. The molecule has 0 radical (unpaired) electrons. The Morgan fingerprint density at radius 1 is 0.552 bits per heavy atom. The van der Waals surface area contributed by atoms with Gasteiger partial charge in [0, 0.05) is 0 Å². The van der Waals surface area contributed by atoms with Crippen molar-refractivity contribution < 1.29 is 102 Å². The van der Waals surface area contributed by atoms with Crippen LogP contribution in [0.15, 0.2) is 109 Å². The van der Waals surface area contributed by atoms with Gasteiger partial charge >= 0.3 is 175 Å². The number of hydrogen-bond donors (Lipinski definition) is 0. The Labute approximate surface area is 352 Å². The van der Waals surface area contributed by atoms with E-state index in [2.05, 4.69) is 78.9 Å². The van der Waals surface area contributed by atoms with Crippen LogP contribution < -0.4 is 24.8 Å². The van der Waals surface area contributed by atoms with Crippen molar-refractivity contribution >= 4 is 24.8 Å². The summed E-state index contributed by atoms with van der Waals surface area (Å²) in [7, 11) is 0. The number of rotatable bonds is 2. The molecule has 0 bridgehead atoms. The molecule has 0 spiro atoms. The Hall–Kier alpha value is -3.93. The first-order valence-corrected chi connectivity index (χ1v) is 18.1. The van der Waals surface area contributed by atoms with Crippen LogP contribution in [0.3, 0.4) is 0 Å². The number of allylic oxidation sites excluding steroid dienone is 2. The average molecular weight is 933 g/mol. The van der Waals surface area contributed by atoms with Crippen LogP contribution >= 0.6 is 0 Å². The van der Waals surface area contributed by atoms with Gasteiger partial charge in [-0.05, 0) is 28.5 Å². The van der Waals surface area contributed by atoms with Crippen LogP contribution in [0.1, 0.15) is 63.8 Å². The number of hydrogen-bond acceptors (Lipinski definition) is 0. The molecule has 2 aliphatic carbocycles. The molecule has 15 heteroatoms. The van der Waals surface area contributed by atoms with E-state index < -0.39 is 61.3 Å². The summed E-state index contributed by atoms with van der Waals surface area (Å²) in [6.07, 6.45) is -10.9. The molecule has 6 aromatic carbocycles. The second kappa shape index (κ2) is 18.1. The number of benzene rings is 6. The second-order valence-corrected chi connectivity index (χ2v) is 14.2. The van der Waals surface area contributed by atoms with Crippen molar-refractivity contribution in [3.05, 3.63) is 166 Å². The zero-order chi connectivity index (χ0) is 40.6. The van der Waals surface area contributed by atoms with Crippen molar-refractivity contribution in [3.63, 3.8) is 0 Å². The Morgan fingerprint density at radius 3 is 1.47 bits per heavy atom. The molecule has 0 saturated heterocycles. The van der Waals surface area contributed by atoms with Gasteiger partial charge in [0.1, 0.15) is 0 Å². The fourth-order valence-electron chi connectivity index (χ4n) is 6.60. The fourth-order valence-corrected chi connectivity index (χ4v) is 7.31.